The predicted molar refractivity (Wildman–Crippen MR) is 52.4 cm³/mol. The normalized spacial score (nSPS) is 35.8. The van der Waals surface area contributed by atoms with Gasteiger partial charge in [-0.25, -0.2) is 8.78 Å². The molecule has 0 aromatic heterocycles. The molecule has 0 spiro atoms. The van der Waals surface area contributed by atoms with Crippen LogP contribution in [-0.2, 0) is 0 Å². The Morgan fingerprint density at radius 3 is 2.14 bits per heavy atom. The van der Waals surface area contributed by atoms with Crippen LogP contribution < -0.4 is 0 Å². The summed E-state index contributed by atoms with van der Waals surface area (Å²) in [7, 11) is 0. The van der Waals surface area contributed by atoms with Gasteiger partial charge >= 0.3 is 0 Å². The second-order valence-corrected chi connectivity index (χ2v) is 5.96. The van der Waals surface area contributed by atoms with Gasteiger partial charge in [0.15, 0.2) is 0 Å². The molecule has 2 aliphatic rings. The highest BCUT2D eigenvalue weighted by Crippen LogP contribution is 2.59. The highest BCUT2D eigenvalue weighted by atomic mass is 19.3. The van der Waals surface area contributed by atoms with Gasteiger partial charge in [0.2, 0.25) is 0 Å². The fourth-order valence-corrected chi connectivity index (χ4v) is 2.27. The summed E-state index contributed by atoms with van der Waals surface area (Å²) in [6, 6.07) is 0. The van der Waals surface area contributed by atoms with Crippen molar-refractivity contribution in [1.82, 2.24) is 4.90 Å². The average molecular weight is 203 g/mol. The molecular weight excluding hydrogens is 184 g/mol. The van der Waals surface area contributed by atoms with Gasteiger partial charge in [0.1, 0.15) is 0 Å². The highest BCUT2D eigenvalue weighted by molar-refractivity contribution is 5.12. The van der Waals surface area contributed by atoms with Gasteiger partial charge < -0.3 is 4.90 Å². The Hall–Kier alpha value is -0.180. The molecule has 82 valence electrons. The predicted octanol–water partition coefficient (Wildman–Crippen LogP) is 2.62. The number of piperidine rings is 1. The minimum absolute atomic E-state index is 0.315. The molecule has 0 radical (unpaired) electrons. The van der Waals surface area contributed by atoms with Crippen LogP contribution in [0.15, 0.2) is 0 Å². The van der Waals surface area contributed by atoms with Crippen molar-refractivity contribution in [3.05, 3.63) is 0 Å². The summed E-state index contributed by atoms with van der Waals surface area (Å²) in [5.41, 5.74) is 0.315. The lowest BCUT2D eigenvalue weighted by Crippen LogP contribution is -2.30. The lowest BCUT2D eigenvalue weighted by Gasteiger charge is -2.24. The summed E-state index contributed by atoms with van der Waals surface area (Å²) in [5.74, 6) is -2.96. The molecule has 1 saturated heterocycles. The van der Waals surface area contributed by atoms with Crippen LogP contribution in [-0.4, -0.2) is 30.5 Å². The molecule has 1 aliphatic carbocycles. The van der Waals surface area contributed by atoms with E-state index in [1.165, 1.54) is 0 Å². The molecule has 2 fully saturated rings. The molecule has 2 rings (SSSR count). The van der Waals surface area contributed by atoms with Gasteiger partial charge in [-0.05, 0) is 18.4 Å². The highest BCUT2D eigenvalue weighted by Gasteiger charge is 2.71. The summed E-state index contributed by atoms with van der Waals surface area (Å²) < 4.78 is 25.7. The van der Waals surface area contributed by atoms with E-state index in [0.717, 1.165) is 13.0 Å². The number of likely N-dealkylation sites (tertiary alicyclic amines) is 1. The van der Waals surface area contributed by atoms with E-state index < -0.39 is 5.92 Å². The van der Waals surface area contributed by atoms with E-state index in [0.29, 0.717) is 18.5 Å². The third-order valence-electron chi connectivity index (χ3n) is 3.45. The van der Waals surface area contributed by atoms with Crippen LogP contribution in [0.5, 0.6) is 0 Å². The number of hydrogen-bond donors (Lipinski definition) is 0. The molecule has 1 heterocycles. The molecule has 0 aromatic rings. The maximum absolute atomic E-state index is 12.9. The quantitative estimate of drug-likeness (QED) is 0.667. The van der Waals surface area contributed by atoms with Gasteiger partial charge in [-0.2, -0.15) is 0 Å². The van der Waals surface area contributed by atoms with Crippen LogP contribution >= 0.6 is 0 Å². The third kappa shape index (κ3) is 1.79. The molecule has 3 heteroatoms. The number of halogens is 2. The summed E-state index contributed by atoms with van der Waals surface area (Å²) in [5, 5.41) is 0. The molecule has 2 unspecified atom stereocenters. The molecule has 14 heavy (non-hydrogen) atoms. The van der Waals surface area contributed by atoms with Gasteiger partial charge in [0, 0.05) is 24.9 Å². The average Bonchev–Trinajstić information content (AvgIpc) is 2.50. The smallest absolute Gasteiger partial charge is 0.257 e. The Labute approximate surface area is 84.5 Å². The van der Waals surface area contributed by atoms with Gasteiger partial charge in [-0.1, -0.05) is 20.8 Å². The molecule has 0 N–H and O–H groups in total. The van der Waals surface area contributed by atoms with Crippen LogP contribution in [0.25, 0.3) is 0 Å². The maximum Gasteiger partial charge on any atom is 0.257 e. The first-order valence-corrected chi connectivity index (χ1v) is 5.41. The van der Waals surface area contributed by atoms with Crippen LogP contribution in [0.4, 0.5) is 8.78 Å². The van der Waals surface area contributed by atoms with Gasteiger partial charge in [-0.15, -0.1) is 0 Å². The second kappa shape index (κ2) is 2.91. The molecule has 1 nitrogen and oxygen atoms in total. The number of rotatable bonds is 2. The van der Waals surface area contributed by atoms with Crippen molar-refractivity contribution < 1.29 is 8.78 Å². The third-order valence-corrected chi connectivity index (χ3v) is 3.45. The number of hydrogen-bond acceptors (Lipinski definition) is 1. The number of nitrogens with zero attached hydrogens (tertiary/aromatic N) is 1. The molecule has 1 aliphatic heterocycles. The Balaban J connectivity index is 1.73. The lowest BCUT2D eigenvalue weighted by atomic mass is 9.92. The Morgan fingerprint density at radius 2 is 1.71 bits per heavy atom. The molecule has 0 aromatic carbocycles. The van der Waals surface area contributed by atoms with Crippen LogP contribution in [0, 0.1) is 17.3 Å². The first-order chi connectivity index (χ1) is 6.31. The first-order valence-electron chi connectivity index (χ1n) is 5.41. The first kappa shape index (κ1) is 10.3. The molecule has 2 atom stereocenters. The van der Waals surface area contributed by atoms with E-state index >= 15 is 0 Å². The van der Waals surface area contributed by atoms with Crippen molar-refractivity contribution >= 4 is 0 Å². The maximum atomic E-state index is 12.9. The fraction of sp³-hybridized carbons (Fsp3) is 1.00. The van der Waals surface area contributed by atoms with E-state index in [1.54, 1.807) is 0 Å². The van der Waals surface area contributed by atoms with E-state index in [1.807, 2.05) is 0 Å². The number of fused-ring (bicyclic) bond motifs is 1. The van der Waals surface area contributed by atoms with Gasteiger partial charge in [0.05, 0.1) is 0 Å². The van der Waals surface area contributed by atoms with Crippen LogP contribution in [0.3, 0.4) is 0 Å². The summed E-state index contributed by atoms with van der Waals surface area (Å²) in [4.78, 5) is 2.19. The van der Waals surface area contributed by atoms with Crippen molar-refractivity contribution in [2.75, 3.05) is 19.6 Å². The van der Waals surface area contributed by atoms with Crippen LogP contribution in [0.2, 0.25) is 0 Å². The largest absolute Gasteiger partial charge is 0.302 e. The lowest BCUT2D eigenvalue weighted by molar-refractivity contribution is 0.0514. The Kier molecular flexibility index (Phi) is 2.15. The molecular formula is C11H19F2N. The van der Waals surface area contributed by atoms with Crippen molar-refractivity contribution in [3.63, 3.8) is 0 Å². The zero-order chi connectivity index (χ0) is 10.6. The number of alkyl halides is 2. The van der Waals surface area contributed by atoms with Crippen LogP contribution in [0.1, 0.15) is 27.2 Å². The molecule has 0 amide bonds. The fourth-order valence-electron chi connectivity index (χ4n) is 2.27. The van der Waals surface area contributed by atoms with Gasteiger partial charge in [-0.3, -0.25) is 0 Å². The summed E-state index contributed by atoms with van der Waals surface area (Å²) in [6.45, 7) is 8.79. The molecule has 0 bridgehead atoms. The van der Waals surface area contributed by atoms with Crippen molar-refractivity contribution in [1.29, 1.82) is 0 Å². The van der Waals surface area contributed by atoms with Crippen molar-refractivity contribution in [3.8, 4) is 0 Å². The van der Waals surface area contributed by atoms with Crippen molar-refractivity contribution in [2.24, 2.45) is 17.3 Å². The molecule has 1 saturated carbocycles. The van der Waals surface area contributed by atoms with E-state index in [9.17, 15) is 8.78 Å². The van der Waals surface area contributed by atoms with Gasteiger partial charge in [0.25, 0.3) is 5.92 Å². The standard InChI is InChI=1S/C11H19F2N/c1-10(2,3)4-5-14-6-8-9(7-14)11(8,12)13/h8-9H,4-7H2,1-3H3. The Morgan fingerprint density at radius 1 is 1.21 bits per heavy atom. The zero-order valence-electron chi connectivity index (χ0n) is 9.19. The summed E-state index contributed by atoms with van der Waals surface area (Å²) in [6.07, 6.45) is 1.10. The second-order valence-electron chi connectivity index (χ2n) is 5.96. The zero-order valence-corrected chi connectivity index (χ0v) is 9.19. The van der Waals surface area contributed by atoms with E-state index in [4.69, 9.17) is 0 Å². The Bertz CT molecular complexity index is 218. The monoisotopic (exact) mass is 203 g/mol. The summed E-state index contributed by atoms with van der Waals surface area (Å²) >= 11 is 0. The van der Waals surface area contributed by atoms with Crippen molar-refractivity contribution in [2.45, 2.75) is 33.1 Å². The topological polar surface area (TPSA) is 3.24 Å². The SMILES string of the molecule is CC(C)(C)CCN1CC2C(C1)C2(F)F. The van der Waals surface area contributed by atoms with E-state index in [-0.39, 0.29) is 11.8 Å². The van der Waals surface area contributed by atoms with E-state index in [2.05, 4.69) is 25.7 Å². The minimum Gasteiger partial charge on any atom is -0.302 e. The minimum atomic E-state index is -2.32.